The fraction of sp³-hybridized carbons (Fsp3) is 0.364. The van der Waals surface area contributed by atoms with Crippen molar-refractivity contribution in [1.29, 1.82) is 0 Å². The monoisotopic (exact) mass is 439 g/mol. The number of aromatic nitrogens is 3. The number of aryl methyl sites for hydroxylation is 1. The molecule has 1 aromatic carbocycles. The molecule has 0 fully saturated rings. The summed E-state index contributed by atoms with van der Waals surface area (Å²) in [5.41, 5.74) is 2.75. The number of aromatic amines is 1. The van der Waals surface area contributed by atoms with E-state index in [1.54, 1.807) is 10.8 Å². The normalized spacial score (nSPS) is 16.0. The van der Waals surface area contributed by atoms with Gasteiger partial charge in [-0.25, -0.2) is 14.9 Å². The van der Waals surface area contributed by atoms with E-state index in [0.29, 0.717) is 23.9 Å². The molecule has 9 heteroatoms. The molecule has 3 aromatic rings. The highest BCUT2D eigenvalue weighted by molar-refractivity contribution is 7.99. The Morgan fingerprint density at radius 3 is 2.81 bits per heavy atom. The van der Waals surface area contributed by atoms with Gasteiger partial charge >= 0.3 is 5.69 Å². The Hall–Kier alpha value is -3.07. The molecule has 3 heterocycles. The zero-order valence-electron chi connectivity index (χ0n) is 17.6. The van der Waals surface area contributed by atoms with Gasteiger partial charge in [-0.3, -0.25) is 9.36 Å². The van der Waals surface area contributed by atoms with Crippen LogP contribution < -0.4 is 5.69 Å². The summed E-state index contributed by atoms with van der Waals surface area (Å²) in [5, 5.41) is 13.2. The second kappa shape index (κ2) is 9.38. The Labute approximate surface area is 184 Å². The van der Waals surface area contributed by atoms with Gasteiger partial charge in [0.25, 0.3) is 5.91 Å². The Balaban J connectivity index is 1.53. The maximum absolute atomic E-state index is 13.1. The van der Waals surface area contributed by atoms with Crippen molar-refractivity contribution in [3.8, 4) is 0 Å². The fourth-order valence-corrected chi connectivity index (χ4v) is 4.31. The van der Waals surface area contributed by atoms with Crippen LogP contribution in [0, 0.1) is 6.92 Å². The van der Waals surface area contributed by atoms with Crippen LogP contribution in [0.1, 0.15) is 49.1 Å². The summed E-state index contributed by atoms with van der Waals surface area (Å²) in [5.74, 6) is 0.660. The van der Waals surface area contributed by atoms with Crippen molar-refractivity contribution in [2.45, 2.75) is 50.9 Å². The molecule has 8 nitrogen and oxygen atoms in total. The number of hydrogen-bond acceptors (Lipinski definition) is 6. The highest BCUT2D eigenvalue weighted by atomic mass is 32.2. The number of benzene rings is 1. The maximum Gasteiger partial charge on any atom is 0.343 e. The van der Waals surface area contributed by atoms with Crippen molar-refractivity contribution in [3.63, 3.8) is 0 Å². The average molecular weight is 440 g/mol. The van der Waals surface area contributed by atoms with Crippen molar-refractivity contribution in [3.05, 3.63) is 70.0 Å². The minimum absolute atomic E-state index is 0.123. The molecule has 0 spiro atoms. The summed E-state index contributed by atoms with van der Waals surface area (Å²) in [6.07, 6.45) is 4.02. The molecule has 0 radical (unpaired) electrons. The number of nitrogens with zero attached hydrogens (tertiary/aromatic N) is 4. The molecule has 2 aromatic heterocycles. The van der Waals surface area contributed by atoms with E-state index in [4.69, 9.17) is 4.42 Å². The Morgan fingerprint density at radius 1 is 1.29 bits per heavy atom. The van der Waals surface area contributed by atoms with E-state index in [1.807, 2.05) is 43.3 Å². The lowest BCUT2D eigenvalue weighted by molar-refractivity contribution is -0.130. The molecule has 0 aliphatic carbocycles. The molecule has 1 aliphatic heterocycles. The van der Waals surface area contributed by atoms with E-state index in [9.17, 15) is 9.59 Å². The maximum atomic E-state index is 13.1. The van der Waals surface area contributed by atoms with Crippen LogP contribution in [0.5, 0.6) is 0 Å². The van der Waals surface area contributed by atoms with Gasteiger partial charge in [0.1, 0.15) is 11.8 Å². The fourth-order valence-electron chi connectivity index (χ4n) is 3.48. The molecule has 0 saturated heterocycles. The van der Waals surface area contributed by atoms with Gasteiger partial charge in [0, 0.05) is 13.0 Å². The van der Waals surface area contributed by atoms with Crippen molar-refractivity contribution in [1.82, 2.24) is 19.8 Å². The summed E-state index contributed by atoms with van der Waals surface area (Å²) in [6.45, 7) is 4.68. The van der Waals surface area contributed by atoms with E-state index in [1.165, 1.54) is 22.3 Å². The Morgan fingerprint density at radius 2 is 2.10 bits per heavy atom. The predicted octanol–water partition coefficient (Wildman–Crippen LogP) is 3.74. The Kier molecular flexibility index (Phi) is 6.41. The number of furan rings is 1. The third-order valence-corrected chi connectivity index (χ3v) is 6.17. The molecule has 0 saturated carbocycles. The molecule has 162 valence electrons. The van der Waals surface area contributed by atoms with Crippen LogP contribution in [0.2, 0.25) is 0 Å². The number of H-pyrrole nitrogens is 1. The average Bonchev–Trinajstić information content (AvgIpc) is 3.51. The van der Waals surface area contributed by atoms with Crippen molar-refractivity contribution >= 4 is 23.4 Å². The number of amides is 1. The van der Waals surface area contributed by atoms with E-state index >= 15 is 0 Å². The summed E-state index contributed by atoms with van der Waals surface area (Å²) in [6, 6.07) is 11.5. The first-order chi connectivity index (χ1) is 15.1. The first kappa shape index (κ1) is 21.2. The molecule has 0 bridgehead atoms. The van der Waals surface area contributed by atoms with Gasteiger partial charge in [0.15, 0.2) is 5.16 Å². The van der Waals surface area contributed by atoms with E-state index in [0.717, 1.165) is 24.1 Å². The van der Waals surface area contributed by atoms with Crippen LogP contribution in [0.3, 0.4) is 0 Å². The molecule has 1 N–H and O–H groups in total. The topological polar surface area (TPSA) is 96.5 Å². The molecular formula is C22H25N5O3S. The highest BCUT2D eigenvalue weighted by Crippen LogP contribution is 2.33. The Bertz CT molecular complexity index is 1110. The molecule has 1 unspecified atom stereocenters. The van der Waals surface area contributed by atoms with Crippen LogP contribution in [-0.4, -0.2) is 37.1 Å². The van der Waals surface area contributed by atoms with Crippen LogP contribution in [0.25, 0.3) is 0 Å². The number of thioether (sulfide) groups is 1. The van der Waals surface area contributed by atoms with Gasteiger partial charge in [-0.2, -0.15) is 5.10 Å². The van der Waals surface area contributed by atoms with Crippen molar-refractivity contribution in [2.75, 3.05) is 5.75 Å². The lowest BCUT2D eigenvalue weighted by atomic mass is 10.0. The first-order valence-electron chi connectivity index (χ1n) is 10.3. The highest BCUT2D eigenvalue weighted by Gasteiger charge is 2.34. The number of nitrogens with one attached hydrogen (secondary N) is 1. The van der Waals surface area contributed by atoms with Gasteiger partial charge in [0.05, 0.1) is 17.7 Å². The zero-order valence-corrected chi connectivity index (χ0v) is 18.4. The van der Waals surface area contributed by atoms with Crippen LogP contribution in [0.4, 0.5) is 0 Å². The number of rotatable bonds is 8. The summed E-state index contributed by atoms with van der Waals surface area (Å²) < 4.78 is 7.17. The number of unbranched alkanes of at least 4 members (excludes halogenated alkanes) is 1. The summed E-state index contributed by atoms with van der Waals surface area (Å²) in [4.78, 5) is 25.1. The molecular weight excluding hydrogens is 414 g/mol. The zero-order chi connectivity index (χ0) is 21.8. The van der Waals surface area contributed by atoms with Gasteiger partial charge in [-0.05, 0) is 31.0 Å². The van der Waals surface area contributed by atoms with E-state index < -0.39 is 0 Å². The van der Waals surface area contributed by atoms with Crippen molar-refractivity contribution < 1.29 is 9.21 Å². The standard InChI is InChI=1S/C22H25N5O3S/c1-3-4-11-26-21(29)23-24-22(26)31-14-20(28)27-18(19-6-5-12-30-19)13-17(25-27)16-9-7-15(2)8-10-16/h5-10,12,18H,3-4,11,13-14H2,1-2H3,(H,23,29). The lowest BCUT2D eigenvalue weighted by Crippen LogP contribution is -2.28. The molecule has 1 atom stereocenters. The van der Waals surface area contributed by atoms with Gasteiger partial charge in [-0.1, -0.05) is 54.9 Å². The predicted molar refractivity (Wildman–Crippen MR) is 119 cm³/mol. The molecule has 4 rings (SSSR count). The number of carbonyl (C=O) groups is 1. The summed E-state index contributed by atoms with van der Waals surface area (Å²) in [7, 11) is 0. The number of carbonyl (C=O) groups excluding carboxylic acids is 1. The van der Waals surface area contributed by atoms with Crippen molar-refractivity contribution in [2.24, 2.45) is 5.10 Å². The van der Waals surface area contributed by atoms with Gasteiger partial charge in [-0.15, -0.1) is 5.10 Å². The largest absolute Gasteiger partial charge is 0.467 e. The SMILES string of the molecule is CCCCn1c(SCC(=O)N2N=C(c3ccc(C)cc3)CC2c2ccco2)n[nH]c1=O. The van der Waals surface area contributed by atoms with E-state index in [2.05, 4.69) is 22.2 Å². The summed E-state index contributed by atoms with van der Waals surface area (Å²) >= 11 is 1.24. The lowest BCUT2D eigenvalue weighted by Gasteiger charge is -2.19. The molecule has 31 heavy (non-hydrogen) atoms. The number of hydrogen-bond donors (Lipinski definition) is 1. The third kappa shape index (κ3) is 4.66. The minimum atomic E-state index is -0.291. The van der Waals surface area contributed by atoms with Gasteiger partial charge < -0.3 is 4.42 Å². The van der Waals surface area contributed by atoms with Crippen LogP contribution in [-0.2, 0) is 11.3 Å². The van der Waals surface area contributed by atoms with Gasteiger partial charge in [0.2, 0.25) is 0 Å². The molecule has 1 amide bonds. The molecule has 1 aliphatic rings. The second-order valence-electron chi connectivity index (χ2n) is 7.49. The second-order valence-corrected chi connectivity index (χ2v) is 8.43. The van der Waals surface area contributed by atoms with Crippen LogP contribution >= 0.6 is 11.8 Å². The first-order valence-corrected chi connectivity index (χ1v) is 11.3. The smallest absolute Gasteiger partial charge is 0.343 e. The minimum Gasteiger partial charge on any atom is -0.467 e. The number of hydrazone groups is 1. The van der Waals surface area contributed by atoms with Crippen LogP contribution in [0.15, 0.2) is 62.1 Å². The third-order valence-electron chi connectivity index (χ3n) is 5.21. The van der Waals surface area contributed by atoms with E-state index in [-0.39, 0.29) is 23.4 Å². The quantitative estimate of drug-likeness (QED) is 0.539.